The molecule has 3 aromatic rings. The first-order chi connectivity index (χ1) is 13.1. The highest BCUT2D eigenvalue weighted by Crippen LogP contribution is 2.29. The summed E-state index contributed by atoms with van der Waals surface area (Å²) in [5.74, 6) is 0.454. The van der Waals surface area contributed by atoms with Crippen LogP contribution in [0.4, 0.5) is 11.4 Å². The SMILES string of the molecule is Cc1ccc(Oc2cccc(NC(=O)c3cccc(NC=O)c3O)c2)cc1. The Kier molecular flexibility index (Phi) is 5.37. The molecule has 3 rings (SSSR count). The Balaban J connectivity index is 1.76. The number of hydrogen-bond donors (Lipinski definition) is 3. The molecule has 0 radical (unpaired) electrons. The number of amides is 2. The Bertz CT molecular complexity index is 968. The van der Waals surface area contributed by atoms with Gasteiger partial charge in [0.25, 0.3) is 5.91 Å². The Labute approximate surface area is 156 Å². The van der Waals surface area contributed by atoms with Gasteiger partial charge in [-0.05, 0) is 43.3 Å². The number of carbonyl (C=O) groups excluding carboxylic acids is 2. The number of aromatic hydroxyl groups is 1. The number of rotatable bonds is 6. The van der Waals surface area contributed by atoms with E-state index >= 15 is 0 Å². The number of aryl methyl sites for hydroxylation is 1. The van der Waals surface area contributed by atoms with Gasteiger partial charge in [-0.15, -0.1) is 0 Å². The average Bonchev–Trinajstić information content (AvgIpc) is 2.66. The Morgan fingerprint density at radius 2 is 1.74 bits per heavy atom. The summed E-state index contributed by atoms with van der Waals surface area (Å²) in [4.78, 5) is 23.0. The summed E-state index contributed by atoms with van der Waals surface area (Å²) in [6, 6.07) is 19.1. The van der Waals surface area contributed by atoms with Gasteiger partial charge >= 0.3 is 0 Å². The van der Waals surface area contributed by atoms with E-state index in [0.717, 1.165) is 5.56 Å². The molecule has 6 nitrogen and oxygen atoms in total. The molecular formula is C21H18N2O4. The van der Waals surface area contributed by atoms with Crippen molar-refractivity contribution in [3.05, 3.63) is 77.9 Å². The van der Waals surface area contributed by atoms with Crippen LogP contribution in [0.25, 0.3) is 0 Å². The molecule has 0 saturated heterocycles. The predicted molar refractivity (Wildman–Crippen MR) is 103 cm³/mol. The minimum atomic E-state index is -0.505. The van der Waals surface area contributed by atoms with Crippen molar-refractivity contribution < 1.29 is 19.4 Å². The highest BCUT2D eigenvalue weighted by molar-refractivity contribution is 6.07. The standard InChI is InChI=1S/C21H18N2O4/c1-14-8-10-16(11-9-14)27-17-5-2-4-15(12-17)23-21(26)18-6-3-7-19(20(18)25)22-13-24/h2-13,25H,1H3,(H,22,24)(H,23,26). The zero-order valence-corrected chi connectivity index (χ0v) is 14.6. The number of phenolic OH excluding ortho intramolecular Hbond substituents is 1. The smallest absolute Gasteiger partial charge is 0.259 e. The van der Waals surface area contributed by atoms with Gasteiger partial charge in [-0.2, -0.15) is 0 Å². The van der Waals surface area contributed by atoms with Crippen LogP contribution in [0.3, 0.4) is 0 Å². The van der Waals surface area contributed by atoms with Crippen molar-refractivity contribution in [2.45, 2.75) is 6.92 Å². The Morgan fingerprint density at radius 3 is 2.48 bits per heavy atom. The number of ether oxygens (including phenoxy) is 1. The van der Waals surface area contributed by atoms with Gasteiger partial charge in [0, 0.05) is 11.8 Å². The van der Waals surface area contributed by atoms with Crippen LogP contribution in [0, 0.1) is 6.92 Å². The van der Waals surface area contributed by atoms with Crippen LogP contribution in [0.2, 0.25) is 0 Å². The monoisotopic (exact) mass is 362 g/mol. The molecule has 0 atom stereocenters. The lowest BCUT2D eigenvalue weighted by atomic mass is 10.1. The van der Waals surface area contributed by atoms with Gasteiger partial charge in [-0.25, -0.2) is 0 Å². The molecule has 2 amide bonds. The molecule has 0 aliphatic heterocycles. The molecule has 27 heavy (non-hydrogen) atoms. The lowest BCUT2D eigenvalue weighted by Crippen LogP contribution is -2.12. The van der Waals surface area contributed by atoms with Gasteiger partial charge < -0.3 is 20.5 Å². The van der Waals surface area contributed by atoms with Crippen LogP contribution < -0.4 is 15.4 Å². The van der Waals surface area contributed by atoms with Crippen molar-refractivity contribution in [1.29, 1.82) is 0 Å². The number of phenols is 1. The summed E-state index contributed by atoms with van der Waals surface area (Å²) < 4.78 is 5.79. The molecule has 0 fully saturated rings. The Hall–Kier alpha value is -3.80. The first-order valence-electron chi connectivity index (χ1n) is 8.25. The molecule has 136 valence electrons. The molecule has 6 heteroatoms. The number of carbonyl (C=O) groups is 2. The average molecular weight is 362 g/mol. The summed E-state index contributed by atoms with van der Waals surface area (Å²) in [5.41, 5.74) is 1.85. The van der Waals surface area contributed by atoms with Crippen molar-refractivity contribution in [1.82, 2.24) is 0 Å². The number of anilines is 2. The van der Waals surface area contributed by atoms with Crippen molar-refractivity contribution in [3.8, 4) is 17.2 Å². The van der Waals surface area contributed by atoms with Crippen LogP contribution in [0.5, 0.6) is 17.2 Å². The summed E-state index contributed by atoms with van der Waals surface area (Å²) in [6.07, 6.45) is 0.433. The highest BCUT2D eigenvalue weighted by Gasteiger charge is 2.14. The summed E-state index contributed by atoms with van der Waals surface area (Å²) >= 11 is 0. The first-order valence-corrected chi connectivity index (χ1v) is 8.25. The van der Waals surface area contributed by atoms with E-state index in [-0.39, 0.29) is 17.0 Å². The molecule has 3 N–H and O–H groups in total. The van der Waals surface area contributed by atoms with Crippen molar-refractivity contribution in [2.24, 2.45) is 0 Å². The quantitative estimate of drug-likeness (QED) is 0.450. The van der Waals surface area contributed by atoms with E-state index in [1.54, 1.807) is 30.3 Å². The first kappa shape index (κ1) is 18.0. The summed E-state index contributed by atoms with van der Waals surface area (Å²) in [6.45, 7) is 2.00. The van der Waals surface area contributed by atoms with E-state index in [2.05, 4.69) is 10.6 Å². The molecular weight excluding hydrogens is 344 g/mol. The second kappa shape index (κ2) is 8.05. The number of nitrogens with one attached hydrogen (secondary N) is 2. The van der Waals surface area contributed by atoms with E-state index in [1.165, 1.54) is 12.1 Å². The molecule has 0 aromatic heterocycles. The lowest BCUT2D eigenvalue weighted by Gasteiger charge is -2.11. The van der Waals surface area contributed by atoms with E-state index in [9.17, 15) is 14.7 Å². The molecule has 0 unspecified atom stereocenters. The van der Waals surface area contributed by atoms with Crippen LogP contribution in [-0.2, 0) is 4.79 Å². The highest BCUT2D eigenvalue weighted by atomic mass is 16.5. The van der Waals surface area contributed by atoms with Crippen molar-refractivity contribution in [3.63, 3.8) is 0 Å². The molecule has 0 saturated carbocycles. The predicted octanol–water partition coefficient (Wildman–Crippen LogP) is 4.31. The normalized spacial score (nSPS) is 10.1. The third kappa shape index (κ3) is 4.43. The topological polar surface area (TPSA) is 87.7 Å². The van der Waals surface area contributed by atoms with Gasteiger partial charge in [0.15, 0.2) is 5.75 Å². The van der Waals surface area contributed by atoms with E-state index in [4.69, 9.17) is 4.74 Å². The fourth-order valence-corrected chi connectivity index (χ4v) is 2.48. The molecule has 0 spiro atoms. The summed E-state index contributed by atoms with van der Waals surface area (Å²) in [7, 11) is 0. The minimum absolute atomic E-state index is 0.0479. The van der Waals surface area contributed by atoms with Crippen LogP contribution in [0.1, 0.15) is 15.9 Å². The molecule has 0 aliphatic carbocycles. The van der Waals surface area contributed by atoms with Crippen LogP contribution in [0.15, 0.2) is 66.7 Å². The molecule has 3 aromatic carbocycles. The maximum Gasteiger partial charge on any atom is 0.259 e. The number of para-hydroxylation sites is 1. The van der Waals surface area contributed by atoms with Crippen molar-refractivity contribution in [2.75, 3.05) is 10.6 Å². The zero-order chi connectivity index (χ0) is 19.2. The molecule has 0 heterocycles. The summed E-state index contributed by atoms with van der Waals surface area (Å²) in [5, 5.41) is 15.2. The number of hydrogen-bond acceptors (Lipinski definition) is 4. The van der Waals surface area contributed by atoms with Crippen LogP contribution >= 0.6 is 0 Å². The zero-order valence-electron chi connectivity index (χ0n) is 14.6. The van der Waals surface area contributed by atoms with Crippen LogP contribution in [-0.4, -0.2) is 17.4 Å². The van der Waals surface area contributed by atoms with Gasteiger partial charge in [0.2, 0.25) is 6.41 Å². The fraction of sp³-hybridized carbons (Fsp3) is 0.0476. The lowest BCUT2D eigenvalue weighted by molar-refractivity contribution is -0.105. The molecule has 0 aliphatic rings. The third-order valence-electron chi connectivity index (χ3n) is 3.84. The Morgan fingerprint density at radius 1 is 1.00 bits per heavy atom. The van der Waals surface area contributed by atoms with Gasteiger partial charge in [-0.3, -0.25) is 9.59 Å². The fourth-order valence-electron chi connectivity index (χ4n) is 2.48. The van der Waals surface area contributed by atoms with E-state index < -0.39 is 5.91 Å². The van der Waals surface area contributed by atoms with Gasteiger partial charge in [0.1, 0.15) is 11.5 Å². The van der Waals surface area contributed by atoms with E-state index in [1.807, 2.05) is 31.2 Å². The van der Waals surface area contributed by atoms with Gasteiger partial charge in [0.05, 0.1) is 11.3 Å². The van der Waals surface area contributed by atoms with Gasteiger partial charge in [-0.1, -0.05) is 29.8 Å². The third-order valence-corrected chi connectivity index (χ3v) is 3.84. The van der Waals surface area contributed by atoms with E-state index in [0.29, 0.717) is 23.6 Å². The largest absolute Gasteiger partial charge is 0.505 e. The number of benzene rings is 3. The second-order valence-electron chi connectivity index (χ2n) is 5.86. The molecule has 0 bridgehead atoms. The maximum atomic E-state index is 12.5. The van der Waals surface area contributed by atoms with Crippen molar-refractivity contribution >= 4 is 23.7 Å². The minimum Gasteiger partial charge on any atom is -0.505 e. The maximum absolute atomic E-state index is 12.5. The second-order valence-corrected chi connectivity index (χ2v) is 5.86.